The first-order valence-electron chi connectivity index (χ1n) is 5.89. The van der Waals surface area contributed by atoms with Gasteiger partial charge in [-0.1, -0.05) is 6.92 Å². The molecule has 1 heterocycles. The summed E-state index contributed by atoms with van der Waals surface area (Å²) in [6, 6.07) is 0. The zero-order valence-corrected chi connectivity index (χ0v) is 10.2. The van der Waals surface area contributed by atoms with Crippen LogP contribution in [0.3, 0.4) is 0 Å². The summed E-state index contributed by atoms with van der Waals surface area (Å²) in [5.41, 5.74) is 0. The molecule has 1 atom stereocenters. The Morgan fingerprint density at radius 2 is 2.25 bits per heavy atom. The van der Waals surface area contributed by atoms with Crippen LogP contribution in [-0.2, 0) is 14.3 Å². The summed E-state index contributed by atoms with van der Waals surface area (Å²) in [5, 5.41) is 3.18. The fourth-order valence-corrected chi connectivity index (χ4v) is 1.82. The highest BCUT2D eigenvalue weighted by Gasteiger charge is 2.27. The lowest BCUT2D eigenvalue weighted by Gasteiger charge is -2.22. The summed E-state index contributed by atoms with van der Waals surface area (Å²) in [4.78, 5) is 13.4. The van der Waals surface area contributed by atoms with Crippen molar-refractivity contribution in [1.82, 2.24) is 10.2 Å². The monoisotopic (exact) mass is 230 g/mol. The molecule has 0 aliphatic carbocycles. The van der Waals surface area contributed by atoms with Gasteiger partial charge in [-0.15, -0.1) is 0 Å². The van der Waals surface area contributed by atoms with E-state index >= 15 is 0 Å². The second-order valence-electron chi connectivity index (χ2n) is 3.85. The quantitative estimate of drug-likeness (QED) is 0.606. The number of carbonyl (C=O) groups is 1. The molecular weight excluding hydrogens is 208 g/mol. The number of hydrogen-bond acceptors (Lipinski definition) is 4. The second kappa shape index (κ2) is 7.60. The average molecular weight is 230 g/mol. The van der Waals surface area contributed by atoms with Crippen LogP contribution in [0.15, 0.2) is 0 Å². The Bertz CT molecular complexity index is 211. The first-order valence-corrected chi connectivity index (χ1v) is 5.89. The van der Waals surface area contributed by atoms with E-state index in [2.05, 4.69) is 12.2 Å². The van der Waals surface area contributed by atoms with E-state index in [-0.39, 0.29) is 12.1 Å². The fourth-order valence-electron chi connectivity index (χ4n) is 1.82. The Labute approximate surface area is 97.1 Å². The van der Waals surface area contributed by atoms with Crippen LogP contribution in [0, 0.1) is 0 Å². The van der Waals surface area contributed by atoms with Crippen molar-refractivity contribution in [3.05, 3.63) is 0 Å². The highest BCUT2D eigenvalue weighted by atomic mass is 16.5. The summed E-state index contributed by atoms with van der Waals surface area (Å²) in [5.74, 6) is 0.198. The van der Waals surface area contributed by atoms with E-state index in [1.165, 1.54) is 0 Å². The average Bonchev–Trinajstić information content (AvgIpc) is 2.65. The van der Waals surface area contributed by atoms with Crippen LogP contribution in [0.5, 0.6) is 0 Å². The molecule has 0 bridgehead atoms. The molecule has 94 valence electrons. The number of nitrogens with zero attached hydrogens (tertiary/aromatic N) is 1. The predicted molar refractivity (Wildman–Crippen MR) is 61.1 cm³/mol. The van der Waals surface area contributed by atoms with Crippen LogP contribution in [0.25, 0.3) is 0 Å². The molecule has 1 unspecified atom stereocenters. The highest BCUT2D eigenvalue weighted by molar-refractivity contribution is 5.80. The number of carbonyl (C=O) groups excluding carboxylic acids is 1. The van der Waals surface area contributed by atoms with Crippen molar-refractivity contribution in [2.24, 2.45) is 0 Å². The summed E-state index contributed by atoms with van der Waals surface area (Å²) < 4.78 is 10.2. The molecule has 0 radical (unpaired) electrons. The molecule has 0 aromatic rings. The minimum Gasteiger partial charge on any atom is -0.382 e. The maximum atomic E-state index is 11.5. The normalized spacial score (nSPS) is 20.8. The Kier molecular flexibility index (Phi) is 6.37. The highest BCUT2D eigenvalue weighted by Crippen LogP contribution is 2.08. The first-order chi connectivity index (χ1) is 7.79. The van der Waals surface area contributed by atoms with E-state index in [9.17, 15) is 4.79 Å². The maximum absolute atomic E-state index is 11.5. The number of methoxy groups -OCH3 is 1. The van der Waals surface area contributed by atoms with Gasteiger partial charge in [0.1, 0.15) is 0 Å². The van der Waals surface area contributed by atoms with Gasteiger partial charge >= 0.3 is 0 Å². The van der Waals surface area contributed by atoms with Crippen molar-refractivity contribution in [2.45, 2.75) is 25.9 Å². The Morgan fingerprint density at radius 1 is 1.44 bits per heavy atom. The standard InChI is InChI=1S/C11H22N2O3/c1-3-10-12-9-11(14)13(10)5-4-6-16-8-7-15-2/h10,12H,3-9H2,1-2H3. The summed E-state index contributed by atoms with van der Waals surface area (Å²) in [6.07, 6.45) is 2.05. The van der Waals surface area contributed by atoms with Crippen molar-refractivity contribution in [3.8, 4) is 0 Å². The Balaban J connectivity index is 2.09. The maximum Gasteiger partial charge on any atom is 0.237 e. The third-order valence-corrected chi connectivity index (χ3v) is 2.69. The van der Waals surface area contributed by atoms with Crippen molar-refractivity contribution >= 4 is 5.91 Å². The molecule has 5 heteroatoms. The SMILES string of the molecule is CCC1NCC(=O)N1CCCOCCOC. The number of ether oxygens (including phenoxy) is 2. The predicted octanol–water partition coefficient (Wildman–Crippen LogP) is 0.207. The second-order valence-corrected chi connectivity index (χ2v) is 3.85. The third kappa shape index (κ3) is 4.08. The van der Waals surface area contributed by atoms with E-state index in [0.29, 0.717) is 26.4 Å². The molecule has 1 saturated heterocycles. The van der Waals surface area contributed by atoms with E-state index in [4.69, 9.17) is 9.47 Å². The molecule has 0 aromatic heterocycles. The van der Waals surface area contributed by atoms with E-state index in [0.717, 1.165) is 19.4 Å². The molecule has 1 rings (SSSR count). The number of hydrogen-bond donors (Lipinski definition) is 1. The van der Waals surface area contributed by atoms with Crippen LogP contribution >= 0.6 is 0 Å². The zero-order valence-electron chi connectivity index (χ0n) is 10.2. The molecule has 1 aliphatic rings. The largest absolute Gasteiger partial charge is 0.382 e. The number of nitrogens with one attached hydrogen (secondary N) is 1. The van der Waals surface area contributed by atoms with E-state index in [1.54, 1.807) is 7.11 Å². The first kappa shape index (κ1) is 13.4. The summed E-state index contributed by atoms with van der Waals surface area (Å²) >= 11 is 0. The van der Waals surface area contributed by atoms with Crippen molar-refractivity contribution in [2.75, 3.05) is 40.0 Å². The molecule has 1 amide bonds. The van der Waals surface area contributed by atoms with Gasteiger partial charge < -0.3 is 14.4 Å². The van der Waals surface area contributed by atoms with E-state index < -0.39 is 0 Å². The summed E-state index contributed by atoms with van der Waals surface area (Å²) in [7, 11) is 1.66. The van der Waals surface area contributed by atoms with Gasteiger partial charge in [0, 0.05) is 20.3 Å². The van der Waals surface area contributed by atoms with Crippen LogP contribution in [0.1, 0.15) is 19.8 Å². The van der Waals surface area contributed by atoms with Crippen LogP contribution in [-0.4, -0.2) is 57.0 Å². The lowest BCUT2D eigenvalue weighted by atomic mass is 10.3. The van der Waals surface area contributed by atoms with Crippen LogP contribution in [0.2, 0.25) is 0 Å². The molecule has 16 heavy (non-hydrogen) atoms. The van der Waals surface area contributed by atoms with Gasteiger partial charge in [0.2, 0.25) is 5.91 Å². The fraction of sp³-hybridized carbons (Fsp3) is 0.909. The molecule has 0 saturated carbocycles. The lowest BCUT2D eigenvalue weighted by Crippen LogP contribution is -2.37. The van der Waals surface area contributed by atoms with Crippen molar-refractivity contribution in [1.29, 1.82) is 0 Å². The minimum absolute atomic E-state index is 0.198. The molecule has 0 spiro atoms. The van der Waals surface area contributed by atoms with Gasteiger partial charge in [-0.3, -0.25) is 10.1 Å². The van der Waals surface area contributed by atoms with Gasteiger partial charge in [0.25, 0.3) is 0 Å². The minimum atomic E-state index is 0.198. The molecule has 1 aliphatic heterocycles. The van der Waals surface area contributed by atoms with Gasteiger partial charge in [-0.25, -0.2) is 0 Å². The number of amides is 1. The Hall–Kier alpha value is -0.650. The molecular formula is C11H22N2O3. The van der Waals surface area contributed by atoms with Crippen LogP contribution in [0.4, 0.5) is 0 Å². The van der Waals surface area contributed by atoms with Crippen molar-refractivity contribution in [3.63, 3.8) is 0 Å². The van der Waals surface area contributed by atoms with Gasteiger partial charge in [0.15, 0.2) is 0 Å². The lowest BCUT2D eigenvalue weighted by molar-refractivity contribution is -0.128. The molecule has 1 fully saturated rings. The van der Waals surface area contributed by atoms with Gasteiger partial charge in [-0.2, -0.15) is 0 Å². The van der Waals surface area contributed by atoms with Gasteiger partial charge in [0.05, 0.1) is 25.9 Å². The van der Waals surface area contributed by atoms with Gasteiger partial charge in [-0.05, 0) is 12.8 Å². The van der Waals surface area contributed by atoms with Crippen molar-refractivity contribution < 1.29 is 14.3 Å². The molecule has 5 nitrogen and oxygen atoms in total. The Morgan fingerprint density at radius 3 is 2.94 bits per heavy atom. The topological polar surface area (TPSA) is 50.8 Å². The summed E-state index contributed by atoms with van der Waals surface area (Å²) in [6.45, 7) is 5.27. The van der Waals surface area contributed by atoms with E-state index in [1.807, 2.05) is 4.90 Å². The molecule has 1 N–H and O–H groups in total. The number of rotatable bonds is 8. The third-order valence-electron chi connectivity index (χ3n) is 2.69. The smallest absolute Gasteiger partial charge is 0.237 e. The zero-order chi connectivity index (χ0) is 11.8. The van der Waals surface area contributed by atoms with Crippen LogP contribution < -0.4 is 5.32 Å². The molecule has 0 aromatic carbocycles.